The van der Waals surface area contributed by atoms with Crippen molar-refractivity contribution in [2.45, 2.75) is 64.8 Å². The predicted molar refractivity (Wildman–Crippen MR) is 141 cm³/mol. The topological polar surface area (TPSA) is 63.4 Å². The van der Waals surface area contributed by atoms with Gasteiger partial charge in [0.05, 0.1) is 23.5 Å². The van der Waals surface area contributed by atoms with Crippen LogP contribution in [-0.2, 0) is 19.3 Å². The van der Waals surface area contributed by atoms with Crippen LogP contribution in [0.2, 0.25) is 0 Å². The Kier molecular flexibility index (Phi) is 6.22. The maximum absolute atomic E-state index is 15.2. The Morgan fingerprint density at radius 2 is 1.97 bits per heavy atom. The number of carbonyl (C=O) groups is 1. The maximum atomic E-state index is 15.2. The molecule has 3 aromatic heterocycles. The number of carbonyl (C=O) groups excluding carboxylic acids is 1. The van der Waals surface area contributed by atoms with E-state index < -0.39 is 0 Å². The lowest BCUT2D eigenvalue weighted by molar-refractivity contribution is 0.0670. The largest absolute Gasteiger partial charge is 0.330 e. The summed E-state index contributed by atoms with van der Waals surface area (Å²) >= 11 is 0. The summed E-state index contributed by atoms with van der Waals surface area (Å²) in [6.45, 7) is 4.74. The molecule has 0 saturated heterocycles. The lowest BCUT2D eigenvalue weighted by Gasteiger charge is -2.35. The molecule has 1 aliphatic heterocycles. The van der Waals surface area contributed by atoms with Gasteiger partial charge >= 0.3 is 0 Å². The number of nitrogens with zero attached hydrogens (tertiary/aromatic N) is 5. The van der Waals surface area contributed by atoms with Gasteiger partial charge in [0.2, 0.25) is 0 Å². The molecule has 6 rings (SSSR count). The number of fused-ring (bicyclic) bond motifs is 2. The van der Waals surface area contributed by atoms with Crippen LogP contribution in [0.4, 0.5) is 4.39 Å². The number of halogens is 1. The highest BCUT2D eigenvalue weighted by Gasteiger charge is 2.29. The van der Waals surface area contributed by atoms with E-state index in [9.17, 15) is 4.79 Å². The van der Waals surface area contributed by atoms with Crippen LogP contribution in [0.1, 0.15) is 78.4 Å². The molecule has 1 saturated carbocycles. The Bertz CT molecular complexity index is 1470. The number of aromatic nitrogens is 4. The van der Waals surface area contributed by atoms with Gasteiger partial charge in [-0.15, -0.1) is 0 Å². The standard InChI is InChI=1S/C30H32FN5O/c1-3-21-15-27(30(37)35-13-12-22-10-6-7-11-24(22)19(35)2)34-36-18-28(33-29(21)36)25-17-32-23(16-26(25)31)14-20-8-4-5-9-20/h6-7,10-11,15-20H,3-5,8-9,12-14H2,1-2H3/t19-/m1/s1. The molecule has 2 aliphatic rings. The zero-order valence-electron chi connectivity index (χ0n) is 21.5. The van der Waals surface area contributed by atoms with Crippen molar-refractivity contribution in [2.75, 3.05) is 6.54 Å². The van der Waals surface area contributed by atoms with Crippen molar-refractivity contribution >= 4 is 11.6 Å². The summed E-state index contributed by atoms with van der Waals surface area (Å²) in [5.41, 5.74) is 6.03. The summed E-state index contributed by atoms with van der Waals surface area (Å²) in [6, 6.07) is 11.7. The van der Waals surface area contributed by atoms with Gasteiger partial charge in [0.15, 0.2) is 5.65 Å². The first-order valence-electron chi connectivity index (χ1n) is 13.4. The van der Waals surface area contributed by atoms with E-state index in [1.165, 1.54) is 36.8 Å². The van der Waals surface area contributed by atoms with Crippen molar-refractivity contribution < 1.29 is 9.18 Å². The van der Waals surface area contributed by atoms with Crippen LogP contribution in [-0.4, -0.2) is 36.9 Å². The molecule has 6 nitrogen and oxygen atoms in total. The van der Waals surface area contributed by atoms with Crippen molar-refractivity contribution in [3.63, 3.8) is 0 Å². The van der Waals surface area contributed by atoms with Crippen molar-refractivity contribution in [1.29, 1.82) is 0 Å². The number of aryl methyl sites for hydroxylation is 1. The number of hydrogen-bond acceptors (Lipinski definition) is 4. The molecule has 7 heteroatoms. The molecule has 0 spiro atoms. The van der Waals surface area contributed by atoms with E-state index in [1.807, 2.05) is 30.0 Å². The van der Waals surface area contributed by atoms with E-state index in [2.05, 4.69) is 29.1 Å². The number of rotatable bonds is 5. The highest BCUT2D eigenvalue weighted by atomic mass is 19.1. The monoisotopic (exact) mass is 497 g/mol. The minimum atomic E-state index is -0.318. The molecule has 1 aliphatic carbocycles. The maximum Gasteiger partial charge on any atom is 0.274 e. The quantitative estimate of drug-likeness (QED) is 0.340. The molecule has 0 N–H and O–H groups in total. The van der Waals surface area contributed by atoms with Gasteiger partial charge in [-0.3, -0.25) is 9.78 Å². The van der Waals surface area contributed by atoms with Crippen molar-refractivity contribution in [3.8, 4) is 11.3 Å². The molecule has 1 atom stereocenters. The first kappa shape index (κ1) is 23.8. The molecular formula is C30H32FN5O. The first-order valence-corrected chi connectivity index (χ1v) is 13.4. The number of pyridine rings is 1. The van der Waals surface area contributed by atoms with E-state index in [0.717, 1.165) is 24.1 Å². The lowest BCUT2D eigenvalue weighted by atomic mass is 9.93. The Hall–Kier alpha value is -3.61. The molecule has 37 heavy (non-hydrogen) atoms. The fourth-order valence-corrected chi connectivity index (χ4v) is 6.01. The summed E-state index contributed by atoms with van der Waals surface area (Å²) in [5.74, 6) is 0.191. The summed E-state index contributed by atoms with van der Waals surface area (Å²) < 4.78 is 16.8. The highest BCUT2D eigenvalue weighted by Crippen LogP contribution is 2.31. The van der Waals surface area contributed by atoms with Gasteiger partial charge in [-0.05, 0) is 60.9 Å². The molecule has 0 radical (unpaired) electrons. The molecule has 190 valence electrons. The second-order valence-corrected chi connectivity index (χ2v) is 10.4. The van der Waals surface area contributed by atoms with Crippen LogP contribution in [0, 0.1) is 11.7 Å². The van der Waals surface area contributed by atoms with Crippen molar-refractivity contribution in [1.82, 2.24) is 24.5 Å². The first-order chi connectivity index (χ1) is 18.0. The Morgan fingerprint density at radius 1 is 1.16 bits per heavy atom. The highest BCUT2D eigenvalue weighted by molar-refractivity contribution is 5.93. The second kappa shape index (κ2) is 9.69. The molecule has 1 amide bonds. The zero-order valence-corrected chi connectivity index (χ0v) is 21.5. The van der Waals surface area contributed by atoms with Gasteiger partial charge in [-0.2, -0.15) is 5.10 Å². The Labute approximate surface area is 216 Å². The smallest absolute Gasteiger partial charge is 0.274 e. The van der Waals surface area contributed by atoms with Gasteiger partial charge in [0, 0.05) is 18.4 Å². The van der Waals surface area contributed by atoms with Gasteiger partial charge in [-0.1, -0.05) is 56.9 Å². The van der Waals surface area contributed by atoms with Crippen LogP contribution in [0.15, 0.2) is 48.8 Å². The molecule has 1 fully saturated rings. The Balaban J connectivity index is 1.30. The van der Waals surface area contributed by atoms with Crippen LogP contribution < -0.4 is 0 Å². The third kappa shape index (κ3) is 4.41. The van der Waals surface area contributed by atoms with Crippen LogP contribution in [0.3, 0.4) is 0 Å². The van der Waals surface area contributed by atoms with Gasteiger partial charge in [0.25, 0.3) is 5.91 Å². The summed E-state index contributed by atoms with van der Waals surface area (Å²) in [7, 11) is 0. The van der Waals surface area contributed by atoms with E-state index in [1.54, 1.807) is 23.0 Å². The average Bonchev–Trinajstić information content (AvgIpc) is 3.58. The molecule has 0 bridgehead atoms. The SMILES string of the molecule is CCc1cc(C(=O)N2CCc3ccccc3[C@H]2C)nn2cc(-c3cnc(CC4CCCC4)cc3F)nc12. The average molecular weight is 498 g/mol. The van der Waals surface area contributed by atoms with Gasteiger partial charge < -0.3 is 4.90 Å². The minimum Gasteiger partial charge on any atom is -0.330 e. The zero-order chi connectivity index (χ0) is 25.5. The predicted octanol–water partition coefficient (Wildman–Crippen LogP) is 5.99. The van der Waals surface area contributed by atoms with Crippen molar-refractivity contribution in [2.24, 2.45) is 5.92 Å². The molecule has 4 heterocycles. The van der Waals surface area contributed by atoms with E-state index >= 15 is 4.39 Å². The van der Waals surface area contributed by atoms with E-state index in [4.69, 9.17) is 4.98 Å². The fraction of sp³-hybridized carbons (Fsp3) is 0.400. The summed E-state index contributed by atoms with van der Waals surface area (Å²) in [4.78, 5) is 24.7. The second-order valence-electron chi connectivity index (χ2n) is 10.4. The molecule has 4 aromatic rings. The summed E-state index contributed by atoms with van der Waals surface area (Å²) in [5, 5.41) is 4.63. The number of benzene rings is 1. The minimum absolute atomic E-state index is 0.0266. The van der Waals surface area contributed by atoms with Crippen LogP contribution >= 0.6 is 0 Å². The van der Waals surface area contributed by atoms with E-state index in [0.29, 0.717) is 41.5 Å². The summed E-state index contributed by atoms with van der Waals surface area (Å²) in [6.07, 6.45) is 10.5. The molecule has 0 unspecified atom stereocenters. The number of hydrogen-bond donors (Lipinski definition) is 0. The van der Waals surface area contributed by atoms with Gasteiger partial charge in [0.1, 0.15) is 11.5 Å². The van der Waals surface area contributed by atoms with Gasteiger partial charge in [-0.25, -0.2) is 13.9 Å². The van der Waals surface area contributed by atoms with Crippen LogP contribution in [0.25, 0.3) is 16.9 Å². The normalized spacial score (nSPS) is 17.9. The number of imidazole rings is 1. The molecule has 1 aromatic carbocycles. The third-order valence-corrected chi connectivity index (χ3v) is 8.12. The van der Waals surface area contributed by atoms with Crippen LogP contribution in [0.5, 0.6) is 0 Å². The fourth-order valence-electron chi connectivity index (χ4n) is 6.01. The Morgan fingerprint density at radius 3 is 2.76 bits per heavy atom. The lowest BCUT2D eigenvalue weighted by Crippen LogP contribution is -2.39. The number of amides is 1. The van der Waals surface area contributed by atoms with E-state index in [-0.39, 0.29) is 17.8 Å². The molecular weight excluding hydrogens is 465 g/mol. The van der Waals surface area contributed by atoms with Crippen molar-refractivity contribution in [3.05, 3.63) is 82.7 Å². The third-order valence-electron chi connectivity index (χ3n) is 8.12.